The summed E-state index contributed by atoms with van der Waals surface area (Å²) in [4.78, 5) is 6.75. The first kappa shape index (κ1) is 16.0. The summed E-state index contributed by atoms with van der Waals surface area (Å²) in [6.07, 6.45) is 6.28. The summed E-state index contributed by atoms with van der Waals surface area (Å²) in [5, 5.41) is 16.2. The molecule has 0 bridgehead atoms. The van der Waals surface area contributed by atoms with Crippen LogP contribution >= 0.6 is 0 Å². The normalized spacial score (nSPS) is 21.7. The predicted octanol–water partition coefficient (Wildman–Crippen LogP) is 1.66. The third-order valence-electron chi connectivity index (χ3n) is 5.13. The number of hydrogen-bond donors (Lipinski definition) is 1. The zero-order chi connectivity index (χ0) is 17.4. The lowest BCUT2D eigenvalue weighted by atomic mass is 9.87. The molecule has 1 N–H and O–H groups in total. The van der Waals surface area contributed by atoms with Crippen LogP contribution in [0.15, 0.2) is 24.7 Å². The van der Waals surface area contributed by atoms with Gasteiger partial charge in [-0.1, -0.05) is 0 Å². The first-order valence-electron chi connectivity index (χ1n) is 8.73. The topological polar surface area (TPSA) is 76.2 Å². The van der Waals surface area contributed by atoms with Gasteiger partial charge in [-0.15, -0.1) is 15.3 Å². The molecule has 1 aliphatic heterocycles. The van der Waals surface area contributed by atoms with Gasteiger partial charge in [-0.2, -0.15) is 4.52 Å². The lowest BCUT2D eigenvalue weighted by Crippen LogP contribution is -2.39. The van der Waals surface area contributed by atoms with E-state index in [0.717, 1.165) is 30.4 Å². The molecule has 132 valence electrons. The fourth-order valence-corrected chi connectivity index (χ4v) is 3.82. The molecule has 0 spiro atoms. The minimum Gasteiger partial charge on any atom is -0.368 e. The van der Waals surface area contributed by atoms with E-state index < -0.39 is 0 Å². The Morgan fingerprint density at radius 3 is 2.92 bits per heavy atom. The molecule has 1 fully saturated rings. The molecule has 1 aliphatic rings. The Bertz CT molecular complexity index is 867. The summed E-state index contributed by atoms with van der Waals surface area (Å²) >= 11 is 0. The third-order valence-corrected chi connectivity index (χ3v) is 5.13. The summed E-state index contributed by atoms with van der Waals surface area (Å²) < 4.78 is 3.90. The fourth-order valence-electron chi connectivity index (χ4n) is 3.82. The van der Waals surface area contributed by atoms with Crippen molar-refractivity contribution in [1.29, 1.82) is 0 Å². The van der Waals surface area contributed by atoms with Crippen LogP contribution in [-0.2, 0) is 7.05 Å². The number of piperidine rings is 1. The van der Waals surface area contributed by atoms with Crippen molar-refractivity contribution in [2.45, 2.75) is 25.8 Å². The van der Waals surface area contributed by atoms with E-state index in [1.807, 2.05) is 31.6 Å². The van der Waals surface area contributed by atoms with E-state index in [0.29, 0.717) is 12.0 Å². The summed E-state index contributed by atoms with van der Waals surface area (Å²) in [6, 6.07) is 4.28. The quantitative estimate of drug-likeness (QED) is 0.778. The molecule has 25 heavy (non-hydrogen) atoms. The molecule has 0 amide bonds. The SMILES string of the molecule is Cc1nnc2ccc(NC[C@@H]3CCCN(C)[C@H]3c3cncn3C)nn12. The zero-order valence-corrected chi connectivity index (χ0v) is 14.9. The Balaban J connectivity index is 1.53. The molecule has 2 atom stereocenters. The highest BCUT2D eigenvalue weighted by molar-refractivity contribution is 5.43. The minimum absolute atomic E-state index is 0.370. The van der Waals surface area contributed by atoms with Crippen molar-refractivity contribution in [3.8, 4) is 0 Å². The van der Waals surface area contributed by atoms with Gasteiger partial charge in [-0.3, -0.25) is 4.90 Å². The maximum absolute atomic E-state index is 4.59. The third kappa shape index (κ3) is 2.97. The number of aromatic nitrogens is 6. The monoisotopic (exact) mass is 340 g/mol. The minimum atomic E-state index is 0.370. The molecule has 3 aromatic rings. The van der Waals surface area contributed by atoms with Gasteiger partial charge in [0.05, 0.1) is 18.1 Å². The smallest absolute Gasteiger partial charge is 0.178 e. The van der Waals surface area contributed by atoms with Gasteiger partial charge in [0.1, 0.15) is 5.82 Å². The van der Waals surface area contributed by atoms with E-state index in [-0.39, 0.29) is 0 Å². The Kier molecular flexibility index (Phi) is 4.12. The van der Waals surface area contributed by atoms with E-state index in [2.05, 4.69) is 49.2 Å². The maximum atomic E-state index is 4.59. The number of hydrogen-bond acceptors (Lipinski definition) is 6. The molecule has 0 unspecified atom stereocenters. The van der Waals surface area contributed by atoms with Crippen LogP contribution in [0, 0.1) is 12.8 Å². The number of anilines is 1. The van der Waals surface area contributed by atoms with Crippen LogP contribution in [0.4, 0.5) is 5.82 Å². The maximum Gasteiger partial charge on any atom is 0.178 e. The molecule has 1 saturated heterocycles. The van der Waals surface area contributed by atoms with Crippen LogP contribution in [-0.4, -0.2) is 54.4 Å². The second-order valence-electron chi connectivity index (χ2n) is 6.87. The predicted molar refractivity (Wildman–Crippen MR) is 95.3 cm³/mol. The molecule has 0 aromatic carbocycles. The van der Waals surface area contributed by atoms with Gasteiger partial charge in [-0.25, -0.2) is 4.98 Å². The van der Waals surface area contributed by atoms with Gasteiger partial charge < -0.3 is 9.88 Å². The van der Waals surface area contributed by atoms with Gasteiger partial charge in [0.25, 0.3) is 0 Å². The highest BCUT2D eigenvalue weighted by Crippen LogP contribution is 2.34. The van der Waals surface area contributed by atoms with Gasteiger partial charge >= 0.3 is 0 Å². The lowest BCUT2D eigenvalue weighted by molar-refractivity contribution is 0.122. The highest BCUT2D eigenvalue weighted by Gasteiger charge is 2.32. The molecule has 0 saturated carbocycles. The number of likely N-dealkylation sites (tertiary alicyclic amines) is 1. The Morgan fingerprint density at radius 2 is 2.12 bits per heavy atom. The Hall–Kier alpha value is -2.48. The van der Waals surface area contributed by atoms with Crippen molar-refractivity contribution in [2.24, 2.45) is 13.0 Å². The van der Waals surface area contributed by atoms with Crippen LogP contribution in [0.2, 0.25) is 0 Å². The first-order valence-corrected chi connectivity index (χ1v) is 8.73. The van der Waals surface area contributed by atoms with Gasteiger partial charge in [0.2, 0.25) is 0 Å². The average Bonchev–Trinajstić information content (AvgIpc) is 3.19. The Morgan fingerprint density at radius 1 is 1.24 bits per heavy atom. The second kappa shape index (κ2) is 6.44. The van der Waals surface area contributed by atoms with Crippen molar-refractivity contribution in [1.82, 2.24) is 34.3 Å². The molecule has 8 nitrogen and oxygen atoms in total. The van der Waals surface area contributed by atoms with E-state index in [4.69, 9.17) is 0 Å². The van der Waals surface area contributed by atoms with E-state index in [1.54, 1.807) is 4.52 Å². The van der Waals surface area contributed by atoms with Gasteiger partial charge in [-0.05, 0) is 51.4 Å². The van der Waals surface area contributed by atoms with Crippen LogP contribution in [0.1, 0.15) is 30.4 Å². The van der Waals surface area contributed by atoms with Crippen molar-refractivity contribution in [3.05, 3.63) is 36.2 Å². The first-order chi connectivity index (χ1) is 12.1. The molecular weight excluding hydrogens is 316 g/mol. The molecule has 8 heteroatoms. The summed E-state index contributed by atoms with van der Waals surface area (Å²) in [7, 11) is 4.27. The summed E-state index contributed by atoms with van der Waals surface area (Å²) in [5.41, 5.74) is 2.04. The number of fused-ring (bicyclic) bond motifs is 1. The Labute approximate surface area is 146 Å². The molecule has 4 heterocycles. The molecular formula is C17H24N8. The summed E-state index contributed by atoms with van der Waals surface area (Å²) in [6.45, 7) is 3.90. The number of rotatable bonds is 4. The number of nitrogens with zero attached hydrogens (tertiary/aromatic N) is 7. The number of nitrogens with one attached hydrogen (secondary N) is 1. The number of imidazole rings is 1. The van der Waals surface area contributed by atoms with E-state index in [1.165, 1.54) is 18.5 Å². The van der Waals surface area contributed by atoms with E-state index in [9.17, 15) is 0 Å². The second-order valence-corrected chi connectivity index (χ2v) is 6.87. The van der Waals surface area contributed by atoms with Crippen molar-refractivity contribution in [2.75, 3.05) is 25.5 Å². The highest BCUT2D eigenvalue weighted by atomic mass is 15.4. The fraction of sp³-hybridized carbons (Fsp3) is 0.529. The van der Waals surface area contributed by atoms with Gasteiger partial charge in [0.15, 0.2) is 11.5 Å². The summed E-state index contributed by atoms with van der Waals surface area (Å²) in [5.74, 6) is 2.16. The molecule has 3 aromatic heterocycles. The standard InChI is InChI=1S/C17H24N8/c1-12-20-21-16-7-6-15(22-25(12)16)19-9-13-5-4-8-23(2)17(13)14-10-18-11-24(14)3/h6-7,10-11,13,17H,4-5,8-9H2,1-3H3,(H,19,22)/t13-,17+/m0/s1. The van der Waals surface area contributed by atoms with Crippen LogP contribution in [0.5, 0.6) is 0 Å². The average molecular weight is 340 g/mol. The van der Waals surface area contributed by atoms with Crippen LogP contribution < -0.4 is 5.32 Å². The molecule has 4 rings (SSSR count). The van der Waals surface area contributed by atoms with Crippen molar-refractivity contribution >= 4 is 11.5 Å². The molecule has 0 radical (unpaired) electrons. The zero-order valence-electron chi connectivity index (χ0n) is 14.9. The van der Waals surface area contributed by atoms with E-state index >= 15 is 0 Å². The van der Waals surface area contributed by atoms with Crippen molar-refractivity contribution < 1.29 is 0 Å². The van der Waals surface area contributed by atoms with Crippen molar-refractivity contribution in [3.63, 3.8) is 0 Å². The lowest BCUT2D eigenvalue weighted by Gasteiger charge is -2.39. The van der Waals surface area contributed by atoms with Crippen LogP contribution in [0.25, 0.3) is 5.65 Å². The number of aryl methyl sites for hydroxylation is 2. The van der Waals surface area contributed by atoms with Gasteiger partial charge in [0, 0.05) is 19.8 Å². The van der Waals surface area contributed by atoms with Crippen LogP contribution in [0.3, 0.4) is 0 Å². The molecule has 0 aliphatic carbocycles. The largest absolute Gasteiger partial charge is 0.368 e.